The molecule has 116 valence electrons. The van der Waals surface area contributed by atoms with E-state index >= 15 is 0 Å². The fraction of sp³-hybridized carbons (Fsp3) is 0.733. The summed E-state index contributed by atoms with van der Waals surface area (Å²) in [7, 11) is 0. The smallest absolute Gasteiger partial charge is 0.159 e. The molecule has 4 nitrogen and oxygen atoms in total. The SMILES string of the molecule is CCn1nc(C)c2nc(CCl)n(C3CCCC(SC)C3)c21. The lowest BCUT2D eigenvalue weighted by molar-refractivity contribution is 0.357. The van der Waals surface area contributed by atoms with Gasteiger partial charge < -0.3 is 4.57 Å². The van der Waals surface area contributed by atoms with E-state index in [-0.39, 0.29) is 0 Å². The van der Waals surface area contributed by atoms with Crippen LogP contribution >= 0.6 is 23.4 Å². The van der Waals surface area contributed by atoms with Crippen LogP contribution in [-0.2, 0) is 12.4 Å². The standard InChI is InChI=1S/C15H23ClN4S/c1-4-19-15-14(10(2)18-19)17-13(9-16)20(15)11-6-5-7-12(8-11)21-3/h11-12H,4-9H2,1-3H3. The van der Waals surface area contributed by atoms with E-state index in [1.807, 2.05) is 18.7 Å². The van der Waals surface area contributed by atoms with Gasteiger partial charge in [0.15, 0.2) is 5.65 Å². The Hall–Kier alpha value is -0.680. The molecule has 2 unspecified atom stereocenters. The van der Waals surface area contributed by atoms with Gasteiger partial charge in [-0.3, -0.25) is 0 Å². The third-order valence-corrected chi connectivity index (χ3v) is 5.87. The number of aryl methyl sites for hydroxylation is 2. The highest BCUT2D eigenvalue weighted by molar-refractivity contribution is 7.99. The van der Waals surface area contributed by atoms with Crippen LogP contribution in [0.2, 0.25) is 0 Å². The number of nitrogens with zero attached hydrogens (tertiary/aromatic N) is 4. The minimum Gasteiger partial charge on any atom is -0.309 e. The van der Waals surface area contributed by atoms with Gasteiger partial charge in [0, 0.05) is 17.8 Å². The van der Waals surface area contributed by atoms with Crippen LogP contribution < -0.4 is 0 Å². The van der Waals surface area contributed by atoms with Crippen LogP contribution in [-0.4, -0.2) is 30.8 Å². The molecular formula is C15H23ClN4S. The van der Waals surface area contributed by atoms with Gasteiger partial charge in [-0.05, 0) is 39.4 Å². The Balaban J connectivity index is 2.11. The molecule has 0 saturated heterocycles. The van der Waals surface area contributed by atoms with E-state index in [1.54, 1.807) is 0 Å². The molecule has 2 atom stereocenters. The largest absolute Gasteiger partial charge is 0.309 e. The Bertz CT molecular complexity index is 633. The molecule has 1 aliphatic rings. The lowest BCUT2D eigenvalue weighted by Gasteiger charge is -2.30. The molecule has 0 amide bonds. The van der Waals surface area contributed by atoms with Crippen LogP contribution in [0.15, 0.2) is 0 Å². The molecule has 2 aromatic heterocycles. The van der Waals surface area contributed by atoms with E-state index in [2.05, 4.69) is 27.5 Å². The summed E-state index contributed by atoms with van der Waals surface area (Å²) in [6, 6.07) is 0.511. The van der Waals surface area contributed by atoms with Gasteiger partial charge in [0.1, 0.15) is 11.3 Å². The van der Waals surface area contributed by atoms with Crippen LogP contribution in [0.3, 0.4) is 0 Å². The van der Waals surface area contributed by atoms with Crippen molar-refractivity contribution in [1.29, 1.82) is 0 Å². The maximum Gasteiger partial charge on any atom is 0.159 e. The fourth-order valence-corrected chi connectivity index (χ4v) is 4.51. The summed E-state index contributed by atoms with van der Waals surface area (Å²) >= 11 is 8.17. The first-order chi connectivity index (χ1) is 10.2. The molecular weight excluding hydrogens is 304 g/mol. The average molecular weight is 327 g/mol. The molecule has 0 bridgehead atoms. The molecule has 0 radical (unpaired) electrons. The van der Waals surface area contributed by atoms with E-state index in [0.717, 1.165) is 34.5 Å². The molecule has 1 saturated carbocycles. The molecule has 0 spiro atoms. The first-order valence-electron chi connectivity index (χ1n) is 7.72. The molecule has 2 heterocycles. The molecule has 21 heavy (non-hydrogen) atoms. The lowest BCUT2D eigenvalue weighted by Crippen LogP contribution is -2.23. The number of alkyl halides is 1. The Kier molecular flexibility index (Phi) is 4.50. The zero-order valence-electron chi connectivity index (χ0n) is 13.0. The van der Waals surface area contributed by atoms with E-state index in [9.17, 15) is 0 Å². The molecule has 0 N–H and O–H groups in total. The van der Waals surface area contributed by atoms with Gasteiger partial charge in [0.05, 0.1) is 11.6 Å². The molecule has 0 aliphatic heterocycles. The van der Waals surface area contributed by atoms with Gasteiger partial charge >= 0.3 is 0 Å². The Morgan fingerprint density at radius 3 is 2.86 bits per heavy atom. The second-order valence-electron chi connectivity index (χ2n) is 5.78. The lowest BCUT2D eigenvalue weighted by atomic mass is 9.94. The predicted molar refractivity (Wildman–Crippen MR) is 90.3 cm³/mol. The van der Waals surface area contributed by atoms with Crippen LogP contribution in [0, 0.1) is 6.92 Å². The summed E-state index contributed by atoms with van der Waals surface area (Å²) in [6.07, 6.45) is 7.28. The number of rotatable bonds is 4. The first kappa shape index (κ1) is 15.2. The molecule has 6 heteroatoms. The Morgan fingerprint density at radius 1 is 1.38 bits per heavy atom. The highest BCUT2D eigenvalue weighted by atomic mass is 35.5. The zero-order valence-corrected chi connectivity index (χ0v) is 14.5. The highest BCUT2D eigenvalue weighted by Crippen LogP contribution is 2.37. The number of imidazole rings is 1. The summed E-state index contributed by atoms with van der Waals surface area (Å²) in [4.78, 5) is 4.77. The molecule has 2 aromatic rings. The van der Waals surface area contributed by atoms with Crippen molar-refractivity contribution in [3.8, 4) is 0 Å². The minimum absolute atomic E-state index is 0.471. The number of aromatic nitrogens is 4. The summed E-state index contributed by atoms with van der Waals surface area (Å²) in [5, 5.41) is 5.38. The number of hydrogen-bond donors (Lipinski definition) is 0. The van der Waals surface area contributed by atoms with Crippen molar-refractivity contribution in [2.45, 2.75) is 63.2 Å². The second kappa shape index (κ2) is 6.21. The minimum atomic E-state index is 0.471. The second-order valence-corrected chi connectivity index (χ2v) is 7.19. The monoisotopic (exact) mass is 326 g/mol. The quantitative estimate of drug-likeness (QED) is 0.792. The van der Waals surface area contributed by atoms with Gasteiger partial charge in [-0.1, -0.05) is 6.42 Å². The van der Waals surface area contributed by atoms with Crippen LogP contribution in [0.25, 0.3) is 11.2 Å². The summed E-state index contributed by atoms with van der Waals surface area (Å²) in [6.45, 7) is 5.04. The van der Waals surface area contributed by atoms with Gasteiger partial charge in [-0.25, -0.2) is 9.67 Å². The van der Waals surface area contributed by atoms with Crippen molar-refractivity contribution < 1.29 is 0 Å². The maximum atomic E-state index is 6.18. The van der Waals surface area contributed by atoms with E-state index in [0.29, 0.717) is 11.9 Å². The highest BCUT2D eigenvalue weighted by Gasteiger charge is 2.28. The summed E-state index contributed by atoms with van der Waals surface area (Å²) < 4.78 is 4.46. The normalized spacial score (nSPS) is 23.0. The van der Waals surface area contributed by atoms with Crippen molar-refractivity contribution in [2.24, 2.45) is 0 Å². The van der Waals surface area contributed by atoms with Crippen LogP contribution in [0.4, 0.5) is 0 Å². The van der Waals surface area contributed by atoms with Crippen molar-refractivity contribution >= 4 is 34.5 Å². The average Bonchev–Trinajstić information content (AvgIpc) is 3.04. The van der Waals surface area contributed by atoms with Gasteiger partial charge in [0.25, 0.3) is 0 Å². The third-order valence-electron chi connectivity index (χ3n) is 4.53. The summed E-state index contributed by atoms with van der Waals surface area (Å²) in [5.41, 5.74) is 3.20. The van der Waals surface area contributed by atoms with Crippen molar-refractivity contribution in [2.75, 3.05) is 6.26 Å². The van der Waals surface area contributed by atoms with Gasteiger partial charge in [-0.2, -0.15) is 16.9 Å². The number of halogens is 1. The zero-order chi connectivity index (χ0) is 15.0. The van der Waals surface area contributed by atoms with E-state index < -0.39 is 0 Å². The maximum absolute atomic E-state index is 6.18. The molecule has 0 aromatic carbocycles. The van der Waals surface area contributed by atoms with E-state index in [1.165, 1.54) is 25.7 Å². The van der Waals surface area contributed by atoms with Crippen molar-refractivity contribution in [3.05, 3.63) is 11.5 Å². The van der Waals surface area contributed by atoms with Gasteiger partial charge in [-0.15, -0.1) is 11.6 Å². The topological polar surface area (TPSA) is 35.6 Å². The van der Waals surface area contributed by atoms with Gasteiger partial charge in [0.2, 0.25) is 0 Å². The van der Waals surface area contributed by atoms with Crippen LogP contribution in [0.5, 0.6) is 0 Å². The number of thioether (sulfide) groups is 1. The Labute approximate surface area is 135 Å². The molecule has 3 rings (SSSR count). The van der Waals surface area contributed by atoms with E-state index in [4.69, 9.17) is 16.6 Å². The molecule has 1 aliphatic carbocycles. The fourth-order valence-electron chi connectivity index (χ4n) is 3.50. The number of fused-ring (bicyclic) bond motifs is 1. The van der Waals surface area contributed by atoms with Crippen molar-refractivity contribution in [1.82, 2.24) is 19.3 Å². The Morgan fingerprint density at radius 2 is 2.19 bits per heavy atom. The first-order valence-corrected chi connectivity index (χ1v) is 9.54. The number of hydrogen-bond acceptors (Lipinski definition) is 3. The summed E-state index contributed by atoms with van der Waals surface area (Å²) in [5.74, 6) is 1.47. The van der Waals surface area contributed by atoms with Crippen molar-refractivity contribution in [3.63, 3.8) is 0 Å². The third kappa shape index (κ3) is 2.59. The van der Waals surface area contributed by atoms with Crippen LogP contribution in [0.1, 0.15) is 50.2 Å². The predicted octanol–water partition coefficient (Wildman–Crippen LogP) is 4.15. The molecule has 1 fully saturated rings.